The molecule has 1 rings (SSSR count). The van der Waals surface area contributed by atoms with E-state index in [9.17, 15) is 14.4 Å². The molecular weight excluding hydrogens is 262 g/mol. The second-order valence-corrected chi connectivity index (χ2v) is 4.19. The van der Waals surface area contributed by atoms with Crippen molar-refractivity contribution in [1.29, 1.82) is 0 Å². The largest absolute Gasteiger partial charge is 0.478 e. The zero-order valence-corrected chi connectivity index (χ0v) is 11.1. The first-order chi connectivity index (χ1) is 9.38. The molecule has 0 saturated heterocycles. The monoisotopic (exact) mass is 277 g/mol. The third-order valence-electron chi connectivity index (χ3n) is 2.11. The average Bonchev–Trinajstić information content (AvgIpc) is 2.36. The molecule has 6 nitrogen and oxygen atoms in total. The minimum Gasteiger partial charge on any atom is -0.478 e. The Bertz CT molecular complexity index is 531. The van der Waals surface area contributed by atoms with E-state index in [1.165, 1.54) is 24.3 Å². The highest BCUT2D eigenvalue weighted by molar-refractivity contribution is 6.02. The Labute approximate surface area is 116 Å². The molecule has 0 spiro atoms. The number of aliphatic carboxylic acids is 1. The zero-order chi connectivity index (χ0) is 15.1. The Morgan fingerprint density at radius 1 is 1.15 bits per heavy atom. The summed E-state index contributed by atoms with van der Waals surface area (Å²) in [7, 11) is 0. The van der Waals surface area contributed by atoms with E-state index in [1.807, 2.05) is 0 Å². The molecule has 0 saturated carbocycles. The number of ether oxygens (including phenoxy) is 1. The van der Waals surface area contributed by atoms with Crippen LogP contribution in [-0.4, -0.2) is 29.1 Å². The van der Waals surface area contributed by atoms with Gasteiger partial charge in [-0.05, 0) is 38.1 Å². The molecule has 0 fully saturated rings. The minimum absolute atomic E-state index is 0.206. The van der Waals surface area contributed by atoms with Gasteiger partial charge in [-0.25, -0.2) is 9.59 Å². The molecule has 0 aliphatic rings. The van der Waals surface area contributed by atoms with Gasteiger partial charge < -0.3 is 15.2 Å². The third kappa shape index (κ3) is 5.34. The van der Waals surface area contributed by atoms with Gasteiger partial charge in [0.25, 0.3) is 0 Å². The topological polar surface area (TPSA) is 92.7 Å². The van der Waals surface area contributed by atoms with Gasteiger partial charge in [-0.3, -0.25) is 4.79 Å². The smallest absolute Gasteiger partial charge is 0.338 e. The summed E-state index contributed by atoms with van der Waals surface area (Å²) in [6, 6.07) is 6.09. The van der Waals surface area contributed by atoms with Gasteiger partial charge in [-0.1, -0.05) is 0 Å². The van der Waals surface area contributed by atoms with Gasteiger partial charge in [-0.2, -0.15) is 0 Å². The fourth-order valence-electron chi connectivity index (χ4n) is 1.30. The number of esters is 1. The zero-order valence-electron chi connectivity index (χ0n) is 11.1. The van der Waals surface area contributed by atoms with Crippen molar-refractivity contribution in [3.63, 3.8) is 0 Å². The SMILES string of the molecule is CC(C)OC(=O)c1ccc(NC(=O)/C=C\C(=O)O)cc1. The lowest BCUT2D eigenvalue weighted by atomic mass is 10.2. The summed E-state index contributed by atoms with van der Waals surface area (Å²) in [4.78, 5) is 33.2. The van der Waals surface area contributed by atoms with E-state index in [2.05, 4.69) is 5.32 Å². The van der Waals surface area contributed by atoms with Gasteiger partial charge in [0.05, 0.1) is 11.7 Å². The highest BCUT2D eigenvalue weighted by Crippen LogP contribution is 2.11. The lowest BCUT2D eigenvalue weighted by molar-refractivity contribution is -0.131. The van der Waals surface area contributed by atoms with Crippen LogP contribution in [0.4, 0.5) is 5.69 Å². The summed E-state index contributed by atoms with van der Waals surface area (Å²) < 4.78 is 5.02. The number of hydrogen-bond acceptors (Lipinski definition) is 4. The predicted molar refractivity (Wildman–Crippen MR) is 72.4 cm³/mol. The number of nitrogens with one attached hydrogen (secondary N) is 1. The van der Waals surface area contributed by atoms with E-state index in [1.54, 1.807) is 13.8 Å². The first kappa shape index (κ1) is 15.4. The summed E-state index contributed by atoms with van der Waals surface area (Å²) in [6.07, 6.45) is 1.44. The molecule has 0 aromatic heterocycles. The maximum atomic E-state index is 11.6. The Kier molecular flexibility index (Phi) is 5.46. The van der Waals surface area contributed by atoms with E-state index < -0.39 is 17.8 Å². The normalized spacial score (nSPS) is 10.6. The Morgan fingerprint density at radius 2 is 1.75 bits per heavy atom. The van der Waals surface area contributed by atoms with Crippen LogP contribution in [0.1, 0.15) is 24.2 Å². The Balaban J connectivity index is 2.65. The minimum atomic E-state index is -1.20. The second-order valence-electron chi connectivity index (χ2n) is 4.19. The standard InChI is InChI=1S/C14H15NO5/c1-9(2)20-14(19)10-3-5-11(6-4-10)15-12(16)7-8-13(17)18/h3-9H,1-2H3,(H,15,16)(H,17,18)/b8-7-. The number of hydrogen-bond donors (Lipinski definition) is 2. The van der Waals surface area contributed by atoms with Gasteiger partial charge in [0.15, 0.2) is 0 Å². The van der Waals surface area contributed by atoms with Crippen molar-refractivity contribution in [3.8, 4) is 0 Å². The van der Waals surface area contributed by atoms with E-state index >= 15 is 0 Å². The van der Waals surface area contributed by atoms with E-state index in [0.29, 0.717) is 11.3 Å². The molecule has 20 heavy (non-hydrogen) atoms. The molecule has 1 aromatic rings. The molecule has 0 aliphatic carbocycles. The molecule has 0 bridgehead atoms. The van der Waals surface area contributed by atoms with Crippen molar-refractivity contribution >= 4 is 23.5 Å². The number of carbonyl (C=O) groups is 3. The number of carbonyl (C=O) groups excluding carboxylic acids is 2. The molecule has 1 amide bonds. The maximum Gasteiger partial charge on any atom is 0.338 e. The van der Waals surface area contributed by atoms with Crippen LogP contribution in [0.25, 0.3) is 0 Å². The van der Waals surface area contributed by atoms with Crippen molar-refractivity contribution in [2.24, 2.45) is 0 Å². The first-order valence-corrected chi connectivity index (χ1v) is 5.91. The number of carboxylic acids is 1. The number of benzene rings is 1. The van der Waals surface area contributed by atoms with E-state index in [-0.39, 0.29) is 6.10 Å². The lowest BCUT2D eigenvalue weighted by Gasteiger charge is -2.08. The van der Waals surface area contributed by atoms with Crippen LogP contribution >= 0.6 is 0 Å². The van der Waals surface area contributed by atoms with Gasteiger partial charge in [-0.15, -0.1) is 0 Å². The number of anilines is 1. The average molecular weight is 277 g/mol. The highest BCUT2D eigenvalue weighted by Gasteiger charge is 2.09. The Hall–Kier alpha value is -2.63. The molecule has 0 atom stereocenters. The summed E-state index contributed by atoms with van der Waals surface area (Å²) in [5, 5.41) is 10.8. The fourth-order valence-corrected chi connectivity index (χ4v) is 1.30. The molecule has 0 unspecified atom stereocenters. The molecule has 2 N–H and O–H groups in total. The molecule has 1 aromatic carbocycles. The second kappa shape index (κ2) is 7.08. The van der Waals surface area contributed by atoms with Crippen molar-refractivity contribution in [2.75, 3.05) is 5.32 Å². The van der Waals surface area contributed by atoms with Gasteiger partial charge in [0.2, 0.25) is 5.91 Å². The first-order valence-electron chi connectivity index (χ1n) is 5.91. The Morgan fingerprint density at radius 3 is 2.25 bits per heavy atom. The van der Waals surface area contributed by atoms with Crippen LogP contribution in [0.2, 0.25) is 0 Å². The summed E-state index contributed by atoms with van der Waals surface area (Å²) in [5.74, 6) is -2.21. The molecule has 0 heterocycles. The molecular formula is C14H15NO5. The molecule has 0 aliphatic heterocycles. The van der Waals surface area contributed by atoms with Crippen LogP contribution in [0.3, 0.4) is 0 Å². The van der Waals surface area contributed by atoms with Crippen molar-refractivity contribution in [1.82, 2.24) is 0 Å². The van der Waals surface area contributed by atoms with Crippen LogP contribution in [0.15, 0.2) is 36.4 Å². The fraction of sp³-hybridized carbons (Fsp3) is 0.214. The quantitative estimate of drug-likeness (QED) is 0.632. The van der Waals surface area contributed by atoms with Crippen molar-refractivity contribution in [3.05, 3.63) is 42.0 Å². The van der Waals surface area contributed by atoms with Gasteiger partial charge in [0.1, 0.15) is 0 Å². The highest BCUT2D eigenvalue weighted by atomic mass is 16.5. The molecule has 106 valence electrons. The van der Waals surface area contributed by atoms with Crippen LogP contribution in [-0.2, 0) is 14.3 Å². The van der Waals surface area contributed by atoms with Gasteiger partial charge >= 0.3 is 11.9 Å². The van der Waals surface area contributed by atoms with Crippen molar-refractivity contribution < 1.29 is 24.2 Å². The number of carboxylic acid groups (broad SMARTS) is 1. The molecule has 0 radical (unpaired) electrons. The molecule has 6 heteroatoms. The number of amides is 1. The summed E-state index contributed by atoms with van der Waals surface area (Å²) in [5.41, 5.74) is 0.823. The van der Waals surface area contributed by atoms with Crippen LogP contribution in [0.5, 0.6) is 0 Å². The third-order valence-corrected chi connectivity index (χ3v) is 2.11. The van der Waals surface area contributed by atoms with Crippen LogP contribution < -0.4 is 5.32 Å². The van der Waals surface area contributed by atoms with E-state index in [0.717, 1.165) is 12.2 Å². The predicted octanol–water partition coefficient (Wildman–Crippen LogP) is 1.83. The summed E-state index contributed by atoms with van der Waals surface area (Å²) >= 11 is 0. The number of rotatable bonds is 5. The van der Waals surface area contributed by atoms with E-state index in [4.69, 9.17) is 9.84 Å². The maximum absolute atomic E-state index is 11.6. The lowest BCUT2D eigenvalue weighted by Crippen LogP contribution is -2.12. The van der Waals surface area contributed by atoms with Crippen molar-refractivity contribution in [2.45, 2.75) is 20.0 Å². The summed E-state index contributed by atoms with van der Waals surface area (Å²) in [6.45, 7) is 3.50. The van der Waals surface area contributed by atoms with Gasteiger partial charge in [0, 0.05) is 17.8 Å². The van der Waals surface area contributed by atoms with Crippen LogP contribution in [0, 0.1) is 0 Å².